The van der Waals surface area contributed by atoms with Crippen molar-refractivity contribution >= 4 is 44.7 Å². The summed E-state index contributed by atoms with van der Waals surface area (Å²) in [6.45, 7) is 0.262. The lowest BCUT2D eigenvalue weighted by molar-refractivity contribution is -0.150. The standard InChI is InChI=1S/C20H21N5O6S/c21-18(22)11-1-4-13(5-2-11)23-19(27)16(26)17-20(28)25(7-8-31-17)14-6-3-12-10-32(29,30)24-15(12)9-14/h1-6,9,16-17,24,26H,7-8,10H2,(H3,21,22)(H,23,27)/t16-,17-/m1/s1. The number of nitrogens with zero attached hydrogens (tertiary/aromatic N) is 1. The molecular weight excluding hydrogens is 438 g/mol. The molecule has 12 heteroatoms. The quantitative estimate of drug-likeness (QED) is 0.308. The Labute approximate surface area is 183 Å². The largest absolute Gasteiger partial charge is 0.384 e. The molecule has 2 amide bonds. The number of fused-ring (bicyclic) bond motifs is 1. The highest BCUT2D eigenvalue weighted by molar-refractivity contribution is 7.92. The maximum absolute atomic E-state index is 13.0. The van der Waals surface area contributed by atoms with Crippen molar-refractivity contribution < 1.29 is 27.9 Å². The minimum absolute atomic E-state index is 0.0802. The second-order valence-electron chi connectivity index (χ2n) is 7.41. The Hall–Kier alpha value is -3.48. The second kappa shape index (κ2) is 8.22. The highest BCUT2D eigenvalue weighted by Crippen LogP contribution is 2.32. The van der Waals surface area contributed by atoms with Gasteiger partial charge in [-0.05, 0) is 42.0 Å². The smallest absolute Gasteiger partial charge is 0.259 e. The first kappa shape index (κ1) is 21.7. The maximum Gasteiger partial charge on any atom is 0.259 e. The van der Waals surface area contributed by atoms with Crippen molar-refractivity contribution in [3.05, 3.63) is 53.6 Å². The molecule has 2 aromatic carbocycles. The predicted molar refractivity (Wildman–Crippen MR) is 117 cm³/mol. The summed E-state index contributed by atoms with van der Waals surface area (Å²) in [5, 5.41) is 20.4. The summed E-state index contributed by atoms with van der Waals surface area (Å²) < 4.78 is 31.3. The van der Waals surface area contributed by atoms with Crippen LogP contribution in [-0.4, -0.2) is 56.5 Å². The lowest BCUT2D eigenvalue weighted by Gasteiger charge is -2.34. The van der Waals surface area contributed by atoms with Gasteiger partial charge in [-0.1, -0.05) is 6.07 Å². The number of amides is 2. The molecule has 1 saturated heterocycles. The summed E-state index contributed by atoms with van der Waals surface area (Å²) in [5.41, 5.74) is 7.64. The van der Waals surface area contributed by atoms with Gasteiger partial charge in [0.2, 0.25) is 10.0 Å². The van der Waals surface area contributed by atoms with Gasteiger partial charge >= 0.3 is 0 Å². The van der Waals surface area contributed by atoms with E-state index in [0.717, 1.165) is 0 Å². The molecule has 6 N–H and O–H groups in total. The van der Waals surface area contributed by atoms with Gasteiger partial charge in [0, 0.05) is 23.5 Å². The van der Waals surface area contributed by atoms with E-state index in [1.165, 1.54) is 29.2 Å². The van der Waals surface area contributed by atoms with Gasteiger partial charge in [-0.3, -0.25) is 19.7 Å². The topological polar surface area (TPSA) is 175 Å². The number of ether oxygens (including phenoxy) is 1. The molecule has 0 unspecified atom stereocenters. The molecule has 0 saturated carbocycles. The lowest BCUT2D eigenvalue weighted by atomic mass is 10.1. The van der Waals surface area contributed by atoms with Crippen LogP contribution in [0.15, 0.2) is 42.5 Å². The van der Waals surface area contributed by atoms with Crippen molar-refractivity contribution in [1.82, 2.24) is 0 Å². The third-order valence-corrected chi connectivity index (χ3v) is 6.38. The van der Waals surface area contributed by atoms with E-state index in [1.807, 2.05) is 0 Å². The van der Waals surface area contributed by atoms with E-state index < -0.39 is 34.0 Å². The first-order chi connectivity index (χ1) is 15.1. The zero-order valence-corrected chi connectivity index (χ0v) is 17.6. The van der Waals surface area contributed by atoms with Gasteiger partial charge in [-0.2, -0.15) is 0 Å². The van der Waals surface area contributed by atoms with Crippen molar-refractivity contribution in [2.24, 2.45) is 5.73 Å². The van der Waals surface area contributed by atoms with E-state index >= 15 is 0 Å². The summed E-state index contributed by atoms with van der Waals surface area (Å²) in [6, 6.07) is 10.9. The van der Waals surface area contributed by atoms with Gasteiger partial charge < -0.3 is 25.8 Å². The number of sulfonamides is 1. The van der Waals surface area contributed by atoms with Crippen LogP contribution in [0.5, 0.6) is 0 Å². The summed E-state index contributed by atoms with van der Waals surface area (Å²) in [6.07, 6.45) is -3.20. The number of amidine groups is 1. The Kier molecular flexibility index (Phi) is 5.59. The molecule has 168 valence electrons. The number of nitrogen functional groups attached to an aromatic ring is 1. The Bertz CT molecular complexity index is 1200. The van der Waals surface area contributed by atoms with Crippen LogP contribution in [-0.2, 0) is 30.1 Å². The number of anilines is 3. The monoisotopic (exact) mass is 459 g/mol. The Morgan fingerprint density at radius 1 is 1.28 bits per heavy atom. The zero-order chi connectivity index (χ0) is 23.0. The lowest BCUT2D eigenvalue weighted by Crippen LogP contribution is -2.55. The minimum atomic E-state index is -3.43. The van der Waals surface area contributed by atoms with E-state index in [0.29, 0.717) is 28.2 Å². The van der Waals surface area contributed by atoms with Crippen LogP contribution in [0.25, 0.3) is 0 Å². The van der Waals surface area contributed by atoms with Gasteiger partial charge in [0.1, 0.15) is 5.84 Å². The second-order valence-corrected chi connectivity index (χ2v) is 9.13. The van der Waals surface area contributed by atoms with E-state index in [-0.39, 0.29) is 24.7 Å². The van der Waals surface area contributed by atoms with Gasteiger partial charge in [0.05, 0.1) is 18.0 Å². The fraction of sp³-hybridized carbons (Fsp3) is 0.250. The van der Waals surface area contributed by atoms with Crippen LogP contribution in [0, 0.1) is 5.41 Å². The third-order valence-electron chi connectivity index (χ3n) is 5.16. The molecule has 0 spiro atoms. The Balaban J connectivity index is 1.47. The molecule has 0 radical (unpaired) electrons. The summed E-state index contributed by atoms with van der Waals surface area (Å²) in [7, 11) is -3.43. The number of carbonyl (C=O) groups excluding carboxylic acids is 2. The molecule has 1 fully saturated rings. The highest BCUT2D eigenvalue weighted by Gasteiger charge is 2.39. The molecular formula is C20H21N5O6S. The van der Waals surface area contributed by atoms with Crippen LogP contribution in [0.3, 0.4) is 0 Å². The molecule has 32 heavy (non-hydrogen) atoms. The third kappa shape index (κ3) is 4.28. The SMILES string of the molecule is N=C(N)c1ccc(NC(=O)[C@H](O)[C@H]2OCCN(c3ccc4c(c3)NS(=O)(=O)C4)C2=O)cc1. The van der Waals surface area contributed by atoms with Crippen LogP contribution in [0.1, 0.15) is 11.1 Å². The van der Waals surface area contributed by atoms with E-state index in [4.69, 9.17) is 15.9 Å². The molecule has 2 atom stereocenters. The van der Waals surface area contributed by atoms with Crippen LogP contribution >= 0.6 is 0 Å². The zero-order valence-electron chi connectivity index (χ0n) is 16.7. The maximum atomic E-state index is 13.0. The fourth-order valence-corrected chi connectivity index (χ4v) is 4.80. The fourth-order valence-electron chi connectivity index (χ4n) is 3.54. The average molecular weight is 459 g/mol. The number of rotatable bonds is 5. The van der Waals surface area contributed by atoms with Gasteiger partial charge in [-0.15, -0.1) is 0 Å². The number of aliphatic hydroxyl groups is 1. The Morgan fingerprint density at radius 3 is 2.69 bits per heavy atom. The van der Waals surface area contributed by atoms with E-state index in [2.05, 4.69) is 10.0 Å². The summed E-state index contributed by atoms with van der Waals surface area (Å²) >= 11 is 0. The van der Waals surface area contributed by atoms with Crippen molar-refractivity contribution in [3.63, 3.8) is 0 Å². The van der Waals surface area contributed by atoms with Gasteiger partial charge in [0.25, 0.3) is 11.8 Å². The average Bonchev–Trinajstić information content (AvgIpc) is 3.06. The van der Waals surface area contributed by atoms with Crippen molar-refractivity contribution in [3.8, 4) is 0 Å². The number of hydrogen-bond acceptors (Lipinski definition) is 7. The van der Waals surface area contributed by atoms with Crippen LogP contribution < -0.4 is 20.7 Å². The number of nitrogens with two attached hydrogens (primary N) is 1. The van der Waals surface area contributed by atoms with E-state index in [1.54, 1.807) is 18.2 Å². The molecule has 11 nitrogen and oxygen atoms in total. The first-order valence-corrected chi connectivity index (χ1v) is 11.3. The number of aliphatic hydroxyl groups excluding tert-OH is 1. The van der Waals surface area contributed by atoms with Crippen molar-refractivity contribution in [2.45, 2.75) is 18.0 Å². The molecule has 0 bridgehead atoms. The summed E-state index contributed by atoms with van der Waals surface area (Å²) in [5.74, 6) is -1.70. The number of morpholine rings is 1. The molecule has 2 heterocycles. The molecule has 2 aliphatic heterocycles. The van der Waals surface area contributed by atoms with Crippen molar-refractivity contribution in [1.29, 1.82) is 5.41 Å². The van der Waals surface area contributed by atoms with E-state index in [9.17, 15) is 23.1 Å². The number of hydrogen-bond donors (Lipinski definition) is 5. The Morgan fingerprint density at radius 2 is 2.00 bits per heavy atom. The molecule has 2 aromatic rings. The molecule has 4 rings (SSSR count). The predicted octanol–water partition coefficient (Wildman–Crippen LogP) is -0.0426. The minimum Gasteiger partial charge on any atom is -0.384 e. The van der Waals surface area contributed by atoms with Gasteiger partial charge in [-0.25, -0.2) is 8.42 Å². The van der Waals surface area contributed by atoms with Crippen molar-refractivity contribution in [2.75, 3.05) is 28.1 Å². The number of carbonyl (C=O) groups is 2. The molecule has 0 aromatic heterocycles. The number of benzene rings is 2. The molecule has 0 aliphatic carbocycles. The van der Waals surface area contributed by atoms with Crippen LogP contribution in [0.2, 0.25) is 0 Å². The summed E-state index contributed by atoms with van der Waals surface area (Å²) in [4.78, 5) is 26.8. The molecule has 2 aliphatic rings. The number of nitrogens with one attached hydrogen (secondary N) is 3. The van der Waals surface area contributed by atoms with Crippen LogP contribution in [0.4, 0.5) is 17.1 Å². The van der Waals surface area contributed by atoms with Gasteiger partial charge in [0.15, 0.2) is 12.2 Å². The highest BCUT2D eigenvalue weighted by atomic mass is 32.2. The first-order valence-electron chi connectivity index (χ1n) is 9.64. The normalized spacial score (nSPS) is 20.2.